The molecule has 0 amide bonds. The lowest BCUT2D eigenvalue weighted by atomic mass is 10.2. The Bertz CT molecular complexity index is 470. The van der Waals surface area contributed by atoms with Crippen molar-refractivity contribution >= 4 is 11.3 Å². The first-order chi connectivity index (χ1) is 7.70. The monoisotopic (exact) mass is 235 g/mol. The van der Waals surface area contributed by atoms with Gasteiger partial charge < -0.3 is 5.32 Å². The Morgan fingerprint density at radius 1 is 1.44 bits per heavy atom. The molecule has 0 saturated heterocycles. The predicted octanol–water partition coefficient (Wildman–Crippen LogP) is 2.33. The van der Waals surface area contributed by atoms with E-state index in [2.05, 4.69) is 30.3 Å². The summed E-state index contributed by atoms with van der Waals surface area (Å²) in [4.78, 5) is 2.78. The number of aromatic nitrogens is 2. The van der Waals surface area contributed by atoms with Crippen molar-refractivity contribution in [2.24, 2.45) is 0 Å². The molecular formula is C12H17N3S. The van der Waals surface area contributed by atoms with Gasteiger partial charge in [-0.15, -0.1) is 11.3 Å². The van der Waals surface area contributed by atoms with Gasteiger partial charge in [-0.1, -0.05) is 0 Å². The van der Waals surface area contributed by atoms with Gasteiger partial charge in [0.1, 0.15) is 0 Å². The van der Waals surface area contributed by atoms with E-state index in [-0.39, 0.29) is 0 Å². The zero-order valence-electron chi connectivity index (χ0n) is 9.95. The number of nitrogens with zero attached hydrogens (tertiary/aromatic N) is 2. The van der Waals surface area contributed by atoms with E-state index >= 15 is 0 Å². The van der Waals surface area contributed by atoms with Crippen LogP contribution in [0.5, 0.6) is 0 Å². The van der Waals surface area contributed by atoms with Gasteiger partial charge in [-0.2, -0.15) is 5.10 Å². The topological polar surface area (TPSA) is 29.9 Å². The van der Waals surface area contributed by atoms with Crippen LogP contribution in [0.1, 0.15) is 21.0 Å². The molecule has 86 valence electrons. The Balaban J connectivity index is 2.18. The number of thiophene rings is 1. The van der Waals surface area contributed by atoms with Crippen LogP contribution >= 0.6 is 11.3 Å². The highest BCUT2D eigenvalue weighted by atomic mass is 32.1. The maximum atomic E-state index is 4.31. The highest BCUT2D eigenvalue weighted by Crippen LogP contribution is 2.22. The number of hydrogen-bond acceptors (Lipinski definition) is 3. The maximum Gasteiger partial charge on any atom is 0.0673 e. The summed E-state index contributed by atoms with van der Waals surface area (Å²) >= 11 is 1.86. The van der Waals surface area contributed by atoms with E-state index in [1.165, 1.54) is 21.0 Å². The summed E-state index contributed by atoms with van der Waals surface area (Å²) in [6.45, 7) is 6.09. The minimum Gasteiger partial charge on any atom is -0.315 e. The van der Waals surface area contributed by atoms with Crippen LogP contribution in [0, 0.1) is 13.8 Å². The fourth-order valence-corrected chi connectivity index (χ4v) is 2.80. The van der Waals surface area contributed by atoms with E-state index in [0.717, 1.165) is 13.1 Å². The second-order valence-electron chi connectivity index (χ2n) is 3.95. The molecule has 0 aliphatic carbocycles. The molecule has 0 radical (unpaired) electrons. The first-order valence-electron chi connectivity index (χ1n) is 5.42. The van der Waals surface area contributed by atoms with Gasteiger partial charge in [0.05, 0.1) is 6.54 Å². The van der Waals surface area contributed by atoms with Gasteiger partial charge >= 0.3 is 0 Å². The van der Waals surface area contributed by atoms with Crippen molar-refractivity contribution in [3.8, 4) is 0 Å². The fourth-order valence-electron chi connectivity index (χ4n) is 1.73. The fraction of sp³-hybridized carbons (Fsp3) is 0.417. The Labute approximate surface area is 100 Å². The van der Waals surface area contributed by atoms with Gasteiger partial charge in [-0.25, -0.2) is 0 Å². The summed E-state index contributed by atoms with van der Waals surface area (Å²) in [5.41, 5.74) is 2.59. The molecule has 2 heterocycles. The Kier molecular flexibility index (Phi) is 3.41. The van der Waals surface area contributed by atoms with E-state index in [4.69, 9.17) is 0 Å². The second kappa shape index (κ2) is 4.80. The summed E-state index contributed by atoms with van der Waals surface area (Å²) in [5, 5.41) is 7.50. The van der Waals surface area contributed by atoms with Gasteiger partial charge in [0, 0.05) is 28.2 Å². The highest BCUT2D eigenvalue weighted by molar-refractivity contribution is 7.12. The Hall–Kier alpha value is -1.13. The van der Waals surface area contributed by atoms with Crippen molar-refractivity contribution in [1.29, 1.82) is 0 Å². The van der Waals surface area contributed by atoms with Gasteiger partial charge in [0.25, 0.3) is 0 Å². The standard InChI is InChI=1S/C12H17N3S/c1-9-4-5-14-15(9)8-11-6-12(7-13-3)16-10(11)2/h4-6,13H,7-8H2,1-3H3. The van der Waals surface area contributed by atoms with Gasteiger partial charge in [0.15, 0.2) is 0 Å². The molecule has 0 aliphatic heterocycles. The third-order valence-corrected chi connectivity index (χ3v) is 3.76. The van der Waals surface area contributed by atoms with Crippen molar-refractivity contribution in [1.82, 2.24) is 15.1 Å². The van der Waals surface area contributed by atoms with E-state index in [1.54, 1.807) is 0 Å². The normalized spacial score (nSPS) is 10.9. The zero-order valence-corrected chi connectivity index (χ0v) is 10.8. The molecule has 0 fully saturated rings. The van der Waals surface area contributed by atoms with Crippen LogP contribution in [-0.2, 0) is 13.1 Å². The molecule has 2 aromatic heterocycles. The summed E-state index contributed by atoms with van der Waals surface area (Å²) < 4.78 is 2.04. The molecule has 1 N–H and O–H groups in total. The van der Waals surface area contributed by atoms with Crippen LogP contribution in [0.15, 0.2) is 18.3 Å². The van der Waals surface area contributed by atoms with Crippen LogP contribution in [0.25, 0.3) is 0 Å². The quantitative estimate of drug-likeness (QED) is 0.881. The highest BCUT2D eigenvalue weighted by Gasteiger charge is 2.06. The van der Waals surface area contributed by atoms with Crippen molar-refractivity contribution in [3.05, 3.63) is 39.3 Å². The van der Waals surface area contributed by atoms with Crippen LogP contribution < -0.4 is 5.32 Å². The molecule has 4 heteroatoms. The summed E-state index contributed by atoms with van der Waals surface area (Å²) in [5.74, 6) is 0. The lowest BCUT2D eigenvalue weighted by Crippen LogP contribution is -2.04. The van der Waals surface area contributed by atoms with Gasteiger partial charge in [-0.3, -0.25) is 4.68 Å². The molecule has 0 saturated carbocycles. The third kappa shape index (κ3) is 2.33. The smallest absolute Gasteiger partial charge is 0.0673 e. The molecule has 0 aromatic carbocycles. The molecule has 0 spiro atoms. The number of hydrogen-bond donors (Lipinski definition) is 1. The summed E-state index contributed by atoms with van der Waals surface area (Å²) in [6.07, 6.45) is 1.85. The first kappa shape index (κ1) is 11.4. The Morgan fingerprint density at radius 3 is 2.88 bits per heavy atom. The minimum atomic E-state index is 0.880. The van der Waals surface area contributed by atoms with Crippen molar-refractivity contribution < 1.29 is 0 Å². The maximum absolute atomic E-state index is 4.31. The molecule has 0 aliphatic rings. The molecule has 2 rings (SSSR count). The predicted molar refractivity (Wildman–Crippen MR) is 67.9 cm³/mol. The molecule has 0 atom stereocenters. The van der Waals surface area contributed by atoms with E-state index in [9.17, 15) is 0 Å². The SMILES string of the molecule is CNCc1cc(Cn2nccc2C)c(C)s1. The molecule has 0 unspecified atom stereocenters. The lowest BCUT2D eigenvalue weighted by Gasteiger charge is -2.03. The average Bonchev–Trinajstić information content (AvgIpc) is 2.77. The van der Waals surface area contributed by atoms with Crippen LogP contribution in [0.3, 0.4) is 0 Å². The van der Waals surface area contributed by atoms with Crippen molar-refractivity contribution in [3.63, 3.8) is 0 Å². The van der Waals surface area contributed by atoms with E-state index in [1.807, 2.05) is 35.3 Å². The van der Waals surface area contributed by atoms with E-state index in [0.29, 0.717) is 0 Å². The summed E-state index contributed by atoms with van der Waals surface area (Å²) in [7, 11) is 1.98. The number of rotatable bonds is 4. The largest absolute Gasteiger partial charge is 0.315 e. The second-order valence-corrected chi connectivity index (χ2v) is 5.30. The van der Waals surface area contributed by atoms with Crippen molar-refractivity contribution in [2.75, 3.05) is 7.05 Å². The van der Waals surface area contributed by atoms with Gasteiger partial charge in [-0.05, 0) is 38.6 Å². The molecule has 3 nitrogen and oxygen atoms in total. The van der Waals surface area contributed by atoms with Crippen LogP contribution in [0.2, 0.25) is 0 Å². The number of aryl methyl sites for hydroxylation is 2. The van der Waals surface area contributed by atoms with Gasteiger partial charge in [0.2, 0.25) is 0 Å². The Morgan fingerprint density at radius 2 is 2.25 bits per heavy atom. The van der Waals surface area contributed by atoms with E-state index < -0.39 is 0 Å². The van der Waals surface area contributed by atoms with Crippen LogP contribution in [0.4, 0.5) is 0 Å². The molecule has 2 aromatic rings. The molecule has 16 heavy (non-hydrogen) atoms. The van der Waals surface area contributed by atoms with Crippen LogP contribution in [-0.4, -0.2) is 16.8 Å². The lowest BCUT2D eigenvalue weighted by molar-refractivity contribution is 0.664. The first-order valence-corrected chi connectivity index (χ1v) is 6.23. The molecular weight excluding hydrogens is 218 g/mol. The average molecular weight is 235 g/mol. The summed E-state index contributed by atoms with van der Waals surface area (Å²) in [6, 6.07) is 4.31. The third-order valence-electron chi connectivity index (χ3n) is 2.67. The molecule has 0 bridgehead atoms. The zero-order chi connectivity index (χ0) is 11.5. The number of nitrogens with one attached hydrogen (secondary N) is 1. The van der Waals surface area contributed by atoms with Crippen molar-refractivity contribution in [2.45, 2.75) is 26.9 Å². The minimum absolute atomic E-state index is 0.880.